The van der Waals surface area contributed by atoms with E-state index in [1.165, 1.54) is 0 Å². The first-order valence-electron chi connectivity index (χ1n) is 7.37. The lowest BCUT2D eigenvalue weighted by Crippen LogP contribution is -2.26. The topological polar surface area (TPSA) is 90.0 Å². The van der Waals surface area contributed by atoms with Crippen LogP contribution in [-0.2, 0) is 23.5 Å². The smallest absolute Gasteiger partial charge is 0.245 e. The van der Waals surface area contributed by atoms with Crippen LogP contribution in [0.2, 0.25) is 0 Å². The number of rotatable bonds is 6. The van der Waals surface area contributed by atoms with Gasteiger partial charge in [-0.1, -0.05) is 5.16 Å². The molecule has 0 bridgehead atoms. The number of sulfonamides is 1. The molecule has 0 aromatic carbocycles. The Hall–Kier alpha value is -1.97. The fraction of sp³-hybridized carbons (Fsp3) is 0.333. The van der Waals surface area contributed by atoms with Gasteiger partial charge in [0, 0.05) is 35.1 Å². The highest BCUT2D eigenvalue weighted by atomic mass is 32.2. The molecule has 0 saturated carbocycles. The summed E-state index contributed by atoms with van der Waals surface area (Å²) in [6.07, 6.45) is 4.39. The molecule has 24 heavy (non-hydrogen) atoms. The van der Waals surface area contributed by atoms with Crippen LogP contribution >= 0.6 is 11.3 Å². The van der Waals surface area contributed by atoms with Crippen molar-refractivity contribution in [1.82, 2.24) is 19.7 Å². The van der Waals surface area contributed by atoms with Crippen LogP contribution in [0.1, 0.15) is 16.3 Å². The molecule has 0 amide bonds. The SMILES string of the molecule is Cc1noc(C)c1S(=O)(=O)NCCc1ccc(-c2cnn(C)c2)s1. The monoisotopic (exact) mass is 366 g/mol. The van der Waals surface area contributed by atoms with Gasteiger partial charge in [0.15, 0.2) is 5.76 Å². The molecule has 0 unspecified atom stereocenters. The van der Waals surface area contributed by atoms with Gasteiger partial charge in [-0.05, 0) is 32.4 Å². The van der Waals surface area contributed by atoms with Crippen molar-refractivity contribution in [1.29, 1.82) is 0 Å². The normalized spacial score (nSPS) is 12.0. The summed E-state index contributed by atoms with van der Waals surface area (Å²) in [6.45, 7) is 3.53. The molecule has 0 aliphatic heterocycles. The first-order chi connectivity index (χ1) is 11.4. The summed E-state index contributed by atoms with van der Waals surface area (Å²) < 4.78 is 34.0. The maximum absolute atomic E-state index is 12.3. The van der Waals surface area contributed by atoms with E-state index in [4.69, 9.17) is 4.52 Å². The molecule has 0 fully saturated rings. The molecule has 3 aromatic rings. The van der Waals surface area contributed by atoms with E-state index >= 15 is 0 Å². The third-order valence-corrected chi connectivity index (χ3v) is 6.45. The maximum Gasteiger partial charge on any atom is 0.245 e. The van der Waals surface area contributed by atoms with E-state index in [2.05, 4.69) is 15.0 Å². The van der Waals surface area contributed by atoms with Gasteiger partial charge >= 0.3 is 0 Å². The van der Waals surface area contributed by atoms with Gasteiger partial charge in [0.1, 0.15) is 10.6 Å². The number of nitrogens with one attached hydrogen (secondary N) is 1. The third-order valence-electron chi connectivity index (χ3n) is 3.55. The number of hydrogen-bond acceptors (Lipinski definition) is 6. The summed E-state index contributed by atoms with van der Waals surface area (Å²) in [4.78, 5) is 2.35. The summed E-state index contributed by atoms with van der Waals surface area (Å²) in [5, 5.41) is 7.85. The Bertz CT molecular complexity index is 934. The first-order valence-corrected chi connectivity index (χ1v) is 9.67. The number of hydrogen-bond donors (Lipinski definition) is 1. The van der Waals surface area contributed by atoms with Crippen LogP contribution < -0.4 is 4.72 Å². The van der Waals surface area contributed by atoms with Crippen molar-refractivity contribution < 1.29 is 12.9 Å². The molecule has 1 N–H and O–H groups in total. The maximum atomic E-state index is 12.3. The summed E-state index contributed by atoms with van der Waals surface area (Å²) in [5.41, 5.74) is 1.43. The summed E-state index contributed by atoms with van der Waals surface area (Å²) in [7, 11) is -1.73. The molecular formula is C15H18N4O3S2. The Morgan fingerprint density at radius 3 is 2.75 bits per heavy atom. The lowest BCUT2D eigenvalue weighted by molar-refractivity contribution is 0.390. The molecule has 9 heteroatoms. The second kappa shape index (κ2) is 6.50. The summed E-state index contributed by atoms with van der Waals surface area (Å²) in [6, 6.07) is 4.04. The van der Waals surface area contributed by atoms with Crippen LogP contribution in [0.3, 0.4) is 0 Å². The minimum atomic E-state index is -3.61. The van der Waals surface area contributed by atoms with Gasteiger partial charge in [0.2, 0.25) is 10.0 Å². The third kappa shape index (κ3) is 3.42. The number of thiophene rings is 1. The van der Waals surface area contributed by atoms with Crippen LogP contribution in [-0.4, -0.2) is 29.9 Å². The first kappa shape index (κ1) is 16.9. The van der Waals surface area contributed by atoms with Gasteiger partial charge in [-0.2, -0.15) is 5.10 Å². The van der Waals surface area contributed by atoms with E-state index in [0.29, 0.717) is 24.4 Å². The van der Waals surface area contributed by atoms with Gasteiger partial charge in [-0.25, -0.2) is 13.1 Å². The van der Waals surface area contributed by atoms with E-state index in [0.717, 1.165) is 15.3 Å². The van der Waals surface area contributed by atoms with Crippen LogP contribution in [0.25, 0.3) is 10.4 Å². The molecule has 3 heterocycles. The molecular weight excluding hydrogens is 348 g/mol. The number of aryl methyl sites for hydroxylation is 3. The van der Waals surface area contributed by atoms with Crippen molar-refractivity contribution in [2.45, 2.75) is 25.2 Å². The molecule has 0 radical (unpaired) electrons. The average molecular weight is 366 g/mol. The van der Waals surface area contributed by atoms with E-state index in [-0.39, 0.29) is 4.90 Å². The average Bonchev–Trinajstić information content (AvgIpc) is 3.20. The van der Waals surface area contributed by atoms with E-state index in [9.17, 15) is 8.42 Å². The second-order valence-electron chi connectivity index (χ2n) is 5.47. The van der Waals surface area contributed by atoms with Crippen LogP contribution in [0, 0.1) is 13.8 Å². The van der Waals surface area contributed by atoms with Gasteiger partial charge in [-0.15, -0.1) is 11.3 Å². The van der Waals surface area contributed by atoms with Gasteiger partial charge in [-0.3, -0.25) is 4.68 Å². The highest BCUT2D eigenvalue weighted by molar-refractivity contribution is 7.89. The van der Waals surface area contributed by atoms with Crippen LogP contribution in [0.15, 0.2) is 33.9 Å². The molecule has 0 aliphatic carbocycles. The molecule has 128 valence electrons. The number of aromatic nitrogens is 3. The Morgan fingerprint density at radius 1 is 1.33 bits per heavy atom. The largest absolute Gasteiger partial charge is 0.360 e. The van der Waals surface area contributed by atoms with Crippen molar-refractivity contribution in [3.8, 4) is 10.4 Å². The van der Waals surface area contributed by atoms with Crippen LogP contribution in [0.5, 0.6) is 0 Å². The molecule has 0 atom stereocenters. The van der Waals surface area contributed by atoms with E-state index in [1.54, 1.807) is 29.9 Å². The van der Waals surface area contributed by atoms with E-state index in [1.807, 2.05) is 31.6 Å². The quantitative estimate of drug-likeness (QED) is 0.723. The van der Waals surface area contributed by atoms with Gasteiger partial charge in [0.05, 0.1) is 6.20 Å². The highest BCUT2D eigenvalue weighted by Gasteiger charge is 2.23. The zero-order chi connectivity index (χ0) is 17.3. The molecule has 0 spiro atoms. The van der Waals surface area contributed by atoms with Crippen molar-refractivity contribution in [3.63, 3.8) is 0 Å². The standard InChI is InChI=1S/C15H18N4O3S2/c1-10-15(11(2)22-18-10)24(20,21)17-7-6-13-4-5-14(23-13)12-8-16-19(3)9-12/h4-5,8-9,17H,6-7H2,1-3H3. The molecule has 0 saturated heterocycles. The second-order valence-corrected chi connectivity index (χ2v) is 8.34. The Kier molecular flexibility index (Phi) is 4.57. The Morgan fingerprint density at radius 2 is 2.12 bits per heavy atom. The number of nitrogens with zero attached hydrogens (tertiary/aromatic N) is 3. The fourth-order valence-corrected chi connectivity index (χ4v) is 4.79. The predicted octanol–water partition coefficient (Wildman–Crippen LogP) is 2.27. The Labute approximate surface area is 144 Å². The van der Waals surface area contributed by atoms with Crippen molar-refractivity contribution >= 4 is 21.4 Å². The fourth-order valence-electron chi connectivity index (χ4n) is 2.45. The lowest BCUT2D eigenvalue weighted by Gasteiger charge is -2.05. The van der Waals surface area contributed by atoms with Gasteiger partial charge in [0.25, 0.3) is 0 Å². The molecule has 7 nitrogen and oxygen atoms in total. The Balaban J connectivity index is 1.64. The predicted molar refractivity (Wildman–Crippen MR) is 91.4 cm³/mol. The molecule has 3 aromatic heterocycles. The molecule has 3 rings (SSSR count). The van der Waals surface area contributed by atoms with E-state index < -0.39 is 10.0 Å². The zero-order valence-corrected chi connectivity index (χ0v) is 15.2. The minimum Gasteiger partial charge on any atom is -0.360 e. The van der Waals surface area contributed by atoms with Crippen LogP contribution in [0.4, 0.5) is 0 Å². The van der Waals surface area contributed by atoms with Crippen molar-refractivity contribution in [2.75, 3.05) is 6.54 Å². The zero-order valence-electron chi connectivity index (χ0n) is 13.6. The molecule has 0 aliphatic rings. The lowest BCUT2D eigenvalue weighted by atomic mass is 10.3. The highest BCUT2D eigenvalue weighted by Crippen LogP contribution is 2.27. The van der Waals surface area contributed by atoms with Crippen molar-refractivity contribution in [2.24, 2.45) is 7.05 Å². The van der Waals surface area contributed by atoms with Gasteiger partial charge < -0.3 is 4.52 Å². The summed E-state index contributed by atoms with van der Waals surface area (Å²) >= 11 is 1.63. The van der Waals surface area contributed by atoms with Crippen molar-refractivity contribution in [3.05, 3.63) is 40.9 Å². The minimum absolute atomic E-state index is 0.129. The summed E-state index contributed by atoms with van der Waals surface area (Å²) in [5.74, 6) is 0.301.